The summed E-state index contributed by atoms with van der Waals surface area (Å²) in [4.78, 5) is 6.43. The summed E-state index contributed by atoms with van der Waals surface area (Å²) in [5.74, 6) is 2.41. The zero-order valence-electron chi connectivity index (χ0n) is 8.25. The Morgan fingerprint density at radius 1 is 1.27 bits per heavy atom. The molecule has 1 aromatic rings. The van der Waals surface area contributed by atoms with Crippen LogP contribution in [0.2, 0.25) is 10.3 Å². The van der Waals surface area contributed by atoms with Gasteiger partial charge in [0.05, 0.1) is 0 Å². The summed E-state index contributed by atoms with van der Waals surface area (Å²) < 4.78 is 0. The predicted molar refractivity (Wildman–Crippen MR) is 66.9 cm³/mol. The van der Waals surface area contributed by atoms with Crippen molar-refractivity contribution in [3.05, 3.63) is 28.0 Å². The SMILES string of the molecule is Clc1ccc(CN2CCSCC2)c(Cl)n1. The predicted octanol–water partition coefficient (Wildman–Crippen LogP) is 2.94. The zero-order chi connectivity index (χ0) is 10.7. The molecule has 5 heteroatoms. The van der Waals surface area contributed by atoms with Crippen LogP contribution in [-0.2, 0) is 6.54 Å². The van der Waals surface area contributed by atoms with Gasteiger partial charge in [-0.05, 0) is 6.07 Å². The van der Waals surface area contributed by atoms with Crippen LogP contribution in [0.15, 0.2) is 12.1 Å². The first kappa shape index (κ1) is 11.5. The van der Waals surface area contributed by atoms with Gasteiger partial charge in [0.25, 0.3) is 0 Å². The molecule has 1 saturated heterocycles. The smallest absolute Gasteiger partial charge is 0.135 e. The molecule has 2 rings (SSSR count). The van der Waals surface area contributed by atoms with Crippen LogP contribution in [-0.4, -0.2) is 34.5 Å². The Balaban J connectivity index is 2.03. The molecule has 0 unspecified atom stereocenters. The molecule has 1 aromatic heterocycles. The fourth-order valence-corrected chi connectivity index (χ4v) is 2.94. The minimum atomic E-state index is 0.456. The highest BCUT2D eigenvalue weighted by atomic mass is 35.5. The largest absolute Gasteiger partial charge is 0.297 e. The maximum Gasteiger partial charge on any atom is 0.135 e. The maximum atomic E-state index is 6.02. The number of halogens is 2. The van der Waals surface area contributed by atoms with Gasteiger partial charge in [0, 0.05) is 36.7 Å². The van der Waals surface area contributed by atoms with Crippen molar-refractivity contribution in [2.45, 2.75) is 6.54 Å². The third-order valence-corrected chi connectivity index (χ3v) is 3.87. The average molecular weight is 263 g/mol. The molecule has 1 aliphatic rings. The molecule has 0 aliphatic carbocycles. The Kier molecular flexibility index (Phi) is 4.14. The van der Waals surface area contributed by atoms with Gasteiger partial charge in [-0.15, -0.1) is 0 Å². The molecule has 0 aromatic carbocycles. The van der Waals surface area contributed by atoms with Crippen molar-refractivity contribution in [2.75, 3.05) is 24.6 Å². The lowest BCUT2D eigenvalue weighted by molar-refractivity contribution is 0.294. The second-order valence-electron chi connectivity index (χ2n) is 3.47. The van der Waals surface area contributed by atoms with Crippen molar-refractivity contribution in [3.8, 4) is 0 Å². The van der Waals surface area contributed by atoms with Gasteiger partial charge in [-0.25, -0.2) is 4.98 Å². The Bertz CT molecular complexity index is 340. The summed E-state index contributed by atoms with van der Waals surface area (Å²) in [6.07, 6.45) is 0. The van der Waals surface area contributed by atoms with Gasteiger partial charge in [0.1, 0.15) is 10.3 Å². The Morgan fingerprint density at radius 2 is 2.00 bits per heavy atom. The van der Waals surface area contributed by atoms with E-state index in [1.807, 2.05) is 17.8 Å². The molecule has 0 saturated carbocycles. The Labute approximate surface area is 104 Å². The van der Waals surface area contributed by atoms with Crippen LogP contribution < -0.4 is 0 Å². The van der Waals surface area contributed by atoms with E-state index in [0.717, 1.165) is 25.2 Å². The first-order valence-electron chi connectivity index (χ1n) is 4.87. The van der Waals surface area contributed by atoms with Crippen molar-refractivity contribution < 1.29 is 0 Å². The van der Waals surface area contributed by atoms with Crippen molar-refractivity contribution in [3.63, 3.8) is 0 Å². The summed E-state index contributed by atoms with van der Waals surface area (Å²) in [5, 5.41) is 0.985. The van der Waals surface area contributed by atoms with E-state index in [2.05, 4.69) is 9.88 Å². The van der Waals surface area contributed by atoms with Gasteiger partial charge in [-0.1, -0.05) is 29.3 Å². The van der Waals surface area contributed by atoms with Gasteiger partial charge >= 0.3 is 0 Å². The van der Waals surface area contributed by atoms with E-state index in [9.17, 15) is 0 Å². The zero-order valence-corrected chi connectivity index (χ0v) is 10.6. The van der Waals surface area contributed by atoms with Crippen molar-refractivity contribution in [1.82, 2.24) is 9.88 Å². The highest BCUT2D eigenvalue weighted by molar-refractivity contribution is 7.99. The molecule has 0 atom stereocenters. The van der Waals surface area contributed by atoms with E-state index < -0.39 is 0 Å². The third kappa shape index (κ3) is 3.25. The molecule has 2 heterocycles. The summed E-state index contributed by atoms with van der Waals surface area (Å²) in [6, 6.07) is 3.75. The lowest BCUT2D eigenvalue weighted by Crippen LogP contribution is -2.32. The quantitative estimate of drug-likeness (QED) is 0.763. The highest BCUT2D eigenvalue weighted by Crippen LogP contribution is 2.20. The van der Waals surface area contributed by atoms with Crippen molar-refractivity contribution in [1.29, 1.82) is 0 Å². The fraction of sp³-hybridized carbons (Fsp3) is 0.500. The Hall–Kier alpha value is 0.0400. The standard InChI is InChI=1S/C10H12Cl2N2S/c11-9-2-1-8(10(12)13-9)7-14-3-5-15-6-4-14/h1-2H,3-7H2. The number of hydrogen-bond acceptors (Lipinski definition) is 3. The third-order valence-electron chi connectivity index (χ3n) is 2.39. The first-order chi connectivity index (χ1) is 7.25. The monoisotopic (exact) mass is 262 g/mol. The number of thioether (sulfide) groups is 1. The van der Waals surface area contributed by atoms with Crippen LogP contribution in [0.3, 0.4) is 0 Å². The molecule has 1 aliphatic heterocycles. The Morgan fingerprint density at radius 3 is 2.67 bits per heavy atom. The lowest BCUT2D eigenvalue weighted by atomic mass is 10.2. The molecule has 0 bridgehead atoms. The highest BCUT2D eigenvalue weighted by Gasteiger charge is 2.12. The van der Waals surface area contributed by atoms with Crippen LogP contribution in [0.25, 0.3) is 0 Å². The average Bonchev–Trinajstić information content (AvgIpc) is 2.24. The molecule has 82 valence electrons. The molecular formula is C10H12Cl2N2S. The summed E-state index contributed by atoms with van der Waals surface area (Å²) in [7, 11) is 0. The number of hydrogen-bond donors (Lipinski definition) is 0. The maximum absolute atomic E-state index is 6.02. The molecule has 1 fully saturated rings. The van der Waals surface area contributed by atoms with E-state index in [-0.39, 0.29) is 0 Å². The van der Waals surface area contributed by atoms with Crippen molar-refractivity contribution in [2.24, 2.45) is 0 Å². The second-order valence-corrected chi connectivity index (χ2v) is 5.44. The van der Waals surface area contributed by atoms with Crippen LogP contribution in [0.5, 0.6) is 0 Å². The second kappa shape index (κ2) is 5.39. The fourth-order valence-electron chi connectivity index (χ4n) is 1.56. The van der Waals surface area contributed by atoms with Crippen LogP contribution in [0.4, 0.5) is 0 Å². The number of nitrogens with zero attached hydrogens (tertiary/aromatic N) is 2. The molecular weight excluding hydrogens is 251 g/mol. The molecule has 0 spiro atoms. The van der Waals surface area contributed by atoms with E-state index in [1.54, 1.807) is 6.07 Å². The van der Waals surface area contributed by atoms with Crippen LogP contribution in [0, 0.1) is 0 Å². The van der Waals surface area contributed by atoms with E-state index >= 15 is 0 Å². The van der Waals surface area contributed by atoms with Gasteiger partial charge in [0.2, 0.25) is 0 Å². The van der Waals surface area contributed by atoms with Crippen molar-refractivity contribution >= 4 is 35.0 Å². The van der Waals surface area contributed by atoms with Gasteiger partial charge in [0.15, 0.2) is 0 Å². The number of aromatic nitrogens is 1. The van der Waals surface area contributed by atoms with Gasteiger partial charge in [-0.3, -0.25) is 4.90 Å². The molecule has 2 nitrogen and oxygen atoms in total. The van der Waals surface area contributed by atoms with Crippen LogP contribution >= 0.6 is 35.0 Å². The van der Waals surface area contributed by atoms with Gasteiger partial charge in [-0.2, -0.15) is 11.8 Å². The molecule has 0 amide bonds. The minimum absolute atomic E-state index is 0.456. The summed E-state index contributed by atoms with van der Waals surface area (Å²) in [5.41, 5.74) is 1.06. The lowest BCUT2D eigenvalue weighted by Gasteiger charge is -2.26. The molecule has 15 heavy (non-hydrogen) atoms. The molecule has 0 N–H and O–H groups in total. The van der Waals surface area contributed by atoms with E-state index in [0.29, 0.717) is 10.3 Å². The van der Waals surface area contributed by atoms with Crippen LogP contribution in [0.1, 0.15) is 5.56 Å². The number of pyridine rings is 1. The minimum Gasteiger partial charge on any atom is -0.297 e. The van der Waals surface area contributed by atoms with Gasteiger partial charge < -0.3 is 0 Å². The first-order valence-corrected chi connectivity index (χ1v) is 6.78. The molecule has 0 radical (unpaired) electrons. The topological polar surface area (TPSA) is 16.1 Å². The van der Waals surface area contributed by atoms with E-state index in [4.69, 9.17) is 23.2 Å². The summed E-state index contributed by atoms with van der Waals surface area (Å²) in [6.45, 7) is 3.14. The normalized spacial score (nSPS) is 18.0. The van der Waals surface area contributed by atoms with E-state index in [1.165, 1.54) is 11.5 Å². The number of rotatable bonds is 2. The summed E-state index contributed by atoms with van der Waals surface area (Å²) >= 11 is 13.8.